The topological polar surface area (TPSA) is 164 Å². The smallest absolute Gasteiger partial charge is 0.332 e. The van der Waals surface area contributed by atoms with E-state index in [1.807, 2.05) is 67.7 Å². The standard InChI is InChI=1S/C29H50N4O10SSi2/c1-18-15-33(26(37)32(10)23(18)35)25-21(42-46(13,14)28(5,6)7)29(20(41-25)16-40-45(11,12)27(2,3)4)19(17-44(38,39)43-29)30-22(34)24(36)31(8)9/h15,17,20-21,25H,16H2,1-14H3,(H,30,34)/t20-,21+,25-,29-/m1/s1. The van der Waals surface area contributed by atoms with E-state index in [0.717, 1.165) is 14.9 Å². The van der Waals surface area contributed by atoms with Gasteiger partial charge in [0.15, 0.2) is 28.5 Å². The molecule has 1 aromatic rings. The number of ether oxygens (including phenoxy) is 1. The Morgan fingerprint density at radius 2 is 1.59 bits per heavy atom. The minimum Gasteiger partial charge on any atom is -0.414 e. The highest BCUT2D eigenvalue weighted by atomic mass is 32.2. The first kappa shape index (κ1) is 38.0. The zero-order valence-corrected chi connectivity index (χ0v) is 32.2. The third kappa shape index (κ3) is 6.91. The van der Waals surface area contributed by atoms with Crippen LogP contribution in [0.3, 0.4) is 0 Å². The largest absolute Gasteiger partial charge is 0.414 e. The number of nitrogens with one attached hydrogen (secondary N) is 1. The number of likely N-dealkylation sites (N-methyl/N-ethyl adjacent to an activating group) is 1. The van der Waals surface area contributed by atoms with Crippen molar-refractivity contribution in [3.8, 4) is 0 Å². The molecule has 2 aliphatic rings. The van der Waals surface area contributed by atoms with Crippen molar-refractivity contribution in [1.29, 1.82) is 0 Å². The molecule has 1 fully saturated rings. The number of carbonyl (C=O) groups is 2. The summed E-state index contributed by atoms with van der Waals surface area (Å²) in [5.74, 6) is -2.04. The molecular formula is C29H50N4O10SSi2. The first-order chi connectivity index (χ1) is 20.6. The summed E-state index contributed by atoms with van der Waals surface area (Å²) < 4.78 is 54.8. The molecule has 2 aliphatic heterocycles. The molecule has 260 valence electrons. The third-order valence-corrected chi connectivity index (χ3v) is 19.6. The van der Waals surface area contributed by atoms with E-state index in [-0.39, 0.29) is 22.9 Å². The lowest BCUT2D eigenvalue weighted by Gasteiger charge is -2.44. The van der Waals surface area contributed by atoms with Crippen molar-refractivity contribution in [3.05, 3.63) is 43.7 Å². The molecule has 1 aromatic heterocycles. The number of nitrogens with zero attached hydrogens (tertiary/aromatic N) is 3. The lowest BCUT2D eigenvalue weighted by molar-refractivity contribution is -0.144. The fourth-order valence-electron chi connectivity index (χ4n) is 4.71. The number of hydrogen-bond acceptors (Lipinski definition) is 10. The monoisotopic (exact) mass is 702 g/mol. The summed E-state index contributed by atoms with van der Waals surface area (Å²) in [6, 6.07) is 0. The van der Waals surface area contributed by atoms with Crippen LogP contribution in [0.25, 0.3) is 0 Å². The molecule has 0 bridgehead atoms. The molecule has 14 nitrogen and oxygen atoms in total. The highest BCUT2D eigenvalue weighted by Gasteiger charge is 2.68. The van der Waals surface area contributed by atoms with E-state index in [1.54, 1.807) is 6.92 Å². The van der Waals surface area contributed by atoms with Gasteiger partial charge >= 0.3 is 17.5 Å². The van der Waals surface area contributed by atoms with Crippen LogP contribution in [0.1, 0.15) is 53.3 Å². The van der Waals surface area contributed by atoms with Gasteiger partial charge in [-0.15, -0.1) is 0 Å². The first-order valence-electron chi connectivity index (χ1n) is 15.1. The molecule has 4 atom stereocenters. The Bertz CT molecular complexity index is 1650. The molecule has 3 heterocycles. The van der Waals surface area contributed by atoms with Crippen LogP contribution in [0.5, 0.6) is 0 Å². The normalized spacial score (nSPS) is 25.1. The van der Waals surface area contributed by atoms with Crippen LogP contribution in [-0.2, 0) is 44.5 Å². The van der Waals surface area contributed by atoms with E-state index in [2.05, 4.69) is 5.32 Å². The molecule has 3 rings (SSSR count). The summed E-state index contributed by atoms with van der Waals surface area (Å²) in [7, 11) is -5.74. The quantitative estimate of drug-likeness (QED) is 0.253. The summed E-state index contributed by atoms with van der Waals surface area (Å²) >= 11 is 0. The van der Waals surface area contributed by atoms with Gasteiger partial charge in [-0.3, -0.25) is 23.5 Å². The van der Waals surface area contributed by atoms with E-state index >= 15 is 0 Å². The molecule has 0 unspecified atom stereocenters. The summed E-state index contributed by atoms with van der Waals surface area (Å²) in [5, 5.41) is 2.57. The van der Waals surface area contributed by atoms with E-state index < -0.39 is 78.9 Å². The number of aromatic nitrogens is 2. The molecule has 46 heavy (non-hydrogen) atoms. The van der Waals surface area contributed by atoms with Crippen LogP contribution < -0.4 is 16.6 Å². The highest BCUT2D eigenvalue weighted by molar-refractivity contribution is 7.90. The van der Waals surface area contributed by atoms with E-state index in [9.17, 15) is 27.6 Å². The first-order valence-corrected chi connectivity index (χ1v) is 22.3. The van der Waals surface area contributed by atoms with Crippen molar-refractivity contribution in [2.75, 3.05) is 20.7 Å². The molecule has 0 radical (unpaired) electrons. The maximum absolute atomic E-state index is 13.6. The summed E-state index contributed by atoms with van der Waals surface area (Å²) in [6.45, 7) is 21.3. The molecule has 2 amide bonds. The van der Waals surface area contributed by atoms with Gasteiger partial charge in [-0.05, 0) is 43.2 Å². The zero-order valence-electron chi connectivity index (χ0n) is 29.4. The van der Waals surface area contributed by atoms with Crippen molar-refractivity contribution in [3.63, 3.8) is 0 Å². The Labute approximate surface area is 273 Å². The van der Waals surface area contributed by atoms with Gasteiger partial charge in [-0.1, -0.05) is 41.5 Å². The van der Waals surface area contributed by atoms with E-state index in [0.29, 0.717) is 0 Å². The average Bonchev–Trinajstić information content (AvgIpc) is 3.33. The Balaban J connectivity index is 2.39. The van der Waals surface area contributed by atoms with Gasteiger partial charge in [0.1, 0.15) is 12.2 Å². The molecule has 1 saturated heterocycles. The van der Waals surface area contributed by atoms with Gasteiger partial charge in [-0.2, -0.15) is 8.42 Å². The second-order valence-electron chi connectivity index (χ2n) is 15.3. The fraction of sp³-hybridized carbons (Fsp3) is 0.724. The van der Waals surface area contributed by atoms with Gasteiger partial charge in [0, 0.05) is 32.9 Å². The lowest BCUT2D eigenvalue weighted by atomic mass is 9.89. The number of rotatable bonds is 7. The number of aryl methyl sites for hydroxylation is 1. The Morgan fingerprint density at radius 3 is 2.09 bits per heavy atom. The van der Waals surface area contributed by atoms with Crippen LogP contribution in [0.15, 0.2) is 26.9 Å². The zero-order chi connectivity index (χ0) is 35.6. The SMILES string of the molecule is Cc1cn([C@@H]2O[C@H](CO[Si](C)(C)C(C)(C)C)[C@@]3(OS(=O)(=O)C=C3NC(=O)C(=O)N(C)C)[C@H]2O[Si](C)(C)C(C)(C)C)c(=O)n(C)c1=O. The van der Waals surface area contributed by atoms with Gasteiger partial charge < -0.3 is 23.8 Å². The predicted octanol–water partition coefficient (Wildman–Crippen LogP) is 2.31. The minimum atomic E-state index is -4.49. The van der Waals surface area contributed by atoms with Gasteiger partial charge in [0.2, 0.25) is 0 Å². The highest BCUT2D eigenvalue weighted by Crippen LogP contribution is 2.52. The predicted molar refractivity (Wildman–Crippen MR) is 177 cm³/mol. The molecular weight excluding hydrogens is 653 g/mol. The van der Waals surface area contributed by atoms with Crippen LogP contribution in [0, 0.1) is 6.92 Å². The van der Waals surface area contributed by atoms with Crippen molar-refractivity contribution in [2.24, 2.45) is 7.05 Å². The second kappa shape index (κ2) is 12.2. The lowest BCUT2D eigenvalue weighted by Crippen LogP contribution is -2.60. The van der Waals surface area contributed by atoms with Crippen LogP contribution in [0.4, 0.5) is 0 Å². The molecule has 0 aliphatic carbocycles. The Hall–Kier alpha value is -2.42. The van der Waals surface area contributed by atoms with Crippen LogP contribution in [-0.4, -0.2) is 89.4 Å². The van der Waals surface area contributed by atoms with Gasteiger partial charge in [0.25, 0.3) is 15.7 Å². The minimum absolute atomic E-state index is 0.200. The van der Waals surface area contributed by atoms with Crippen molar-refractivity contribution in [2.45, 2.75) is 109 Å². The fourth-order valence-corrected chi connectivity index (χ4v) is 8.25. The summed E-state index contributed by atoms with van der Waals surface area (Å²) in [4.78, 5) is 53.2. The van der Waals surface area contributed by atoms with Gasteiger partial charge in [-0.25, -0.2) is 8.98 Å². The summed E-state index contributed by atoms with van der Waals surface area (Å²) in [6.07, 6.45) is -2.62. The van der Waals surface area contributed by atoms with Crippen LogP contribution in [0.2, 0.25) is 36.3 Å². The summed E-state index contributed by atoms with van der Waals surface area (Å²) in [5.41, 5.74) is -3.39. The number of carbonyl (C=O) groups excluding carboxylic acids is 2. The van der Waals surface area contributed by atoms with Gasteiger partial charge in [0.05, 0.1) is 17.7 Å². The number of hydrogen-bond donors (Lipinski definition) is 1. The van der Waals surface area contributed by atoms with Crippen molar-refractivity contribution >= 4 is 38.6 Å². The van der Waals surface area contributed by atoms with Crippen LogP contribution >= 0.6 is 0 Å². The number of amides is 2. The second-order valence-corrected chi connectivity index (χ2v) is 26.3. The Kier molecular flexibility index (Phi) is 10.1. The van der Waals surface area contributed by atoms with Crippen molar-refractivity contribution in [1.82, 2.24) is 19.4 Å². The van der Waals surface area contributed by atoms with Crippen molar-refractivity contribution < 1.29 is 35.8 Å². The van der Waals surface area contributed by atoms with E-state index in [1.165, 1.54) is 31.9 Å². The molecule has 1 spiro atoms. The molecule has 1 N–H and O–H groups in total. The molecule has 17 heteroatoms. The third-order valence-electron chi connectivity index (χ3n) is 9.64. The Morgan fingerprint density at radius 1 is 1.04 bits per heavy atom. The maximum Gasteiger partial charge on any atom is 0.332 e. The van der Waals surface area contributed by atoms with E-state index in [4.69, 9.17) is 17.8 Å². The maximum atomic E-state index is 13.6. The molecule has 0 aromatic carbocycles. The average molecular weight is 703 g/mol. The molecule has 0 saturated carbocycles.